The van der Waals surface area contributed by atoms with Gasteiger partial charge in [-0.15, -0.1) is 0 Å². The van der Waals surface area contributed by atoms with Gasteiger partial charge in [0.15, 0.2) is 0 Å². The third kappa shape index (κ3) is 3.11. The van der Waals surface area contributed by atoms with Gasteiger partial charge >= 0.3 is 6.18 Å². The van der Waals surface area contributed by atoms with E-state index in [1.807, 2.05) is 0 Å². The van der Waals surface area contributed by atoms with Gasteiger partial charge in [-0.05, 0) is 6.07 Å². The maximum Gasteiger partial charge on any atom is 0.405 e. The molecule has 1 aromatic rings. The van der Waals surface area contributed by atoms with Gasteiger partial charge in [-0.2, -0.15) is 13.2 Å². The number of amidine groups is 1. The Labute approximate surface area is 90.4 Å². The molecule has 4 nitrogen and oxygen atoms in total. The zero-order valence-electron chi connectivity index (χ0n) is 8.54. The molecule has 0 atom stereocenters. The largest absolute Gasteiger partial charge is 0.405 e. The van der Waals surface area contributed by atoms with Crippen molar-refractivity contribution in [1.29, 1.82) is 5.41 Å². The first kappa shape index (κ1) is 12.3. The second-order valence-corrected chi connectivity index (χ2v) is 3.28. The monoisotopic (exact) mass is 232 g/mol. The number of nitrogens with one attached hydrogen (secondary N) is 1. The third-order valence-corrected chi connectivity index (χ3v) is 1.92. The summed E-state index contributed by atoms with van der Waals surface area (Å²) in [5.74, 6) is -0.286. The number of nitrogens with two attached hydrogens (primary N) is 1. The van der Waals surface area contributed by atoms with E-state index in [-0.39, 0.29) is 17.1 Å². The van der Waals surface area contributed by atoms with Crippen LogP contribution in [0.15, 0.2) is 18.5 Å². The Morgan fingerprint density at radius 2 is 2.19 bits per heavy atom. The summed E-state index contributed by atoms with van der Waals surface area (Å²) in [6.07, 6.45) is -1.68. The molecule has 0 unspecified atom stereocenters. The van der Waals surface area contributed by atoms with Crippen LogP contribution < -0.4 is 10.6 Å². The minimum absolute atomic E-state index is 0.187. The molecule has 16 heavy (non-hydrogen) atoms. The van der Waals surface area contributed by atoms with Crippen LogP contribution in [-0.4, -0.2) is 30.6 Å². The first-order valence-corrected chi connectivity index (χ1v) is 4.37. The van der Waals surface area contributed by atoms with Crippen LogP contribution >= 0.6 is 0 Å². The van der Waals surface area contributed by atoms with Crippen molar-refractivity contribution >= 4 is 11.5 Å². The highest BCUT2D eigenvalue weighted by Gasteiger charge is 2.30. The highest BCUT2D eigenvalue weighted by molar-refractivity contribution is 6.00. The lowest BCUT2D eigenvalue weighted by atomic mass is 10.2. The predicted octanol–water partition coefficient (Wildman–Crippen LogP) is 1.36. The Kier molecular flexibility index (Phi) is 3.36. The second-order valence-electron chi connectivity index (χ2n) is 3.28. The molecule has 0 saturated heterocycles. The molecule has 0 saturated carbocycles. The summed E-state index contributed by atoms with van der Waals surface area (Å²) in [6, 6.07) is 1.41. The minimum atomic E-state index is -4.31. The lowest BCUT2D eigenvalue weighted by molar-refractivity contribution is -0.119. The predicted molar refractivity (Wildman–Crippen MR) is 54.6 cm³/mol. The normalized spacial score (nSPS) is 11.2. The fourth-order valence-electron chi connectivity index (χ4n) is 1.27. The summed E-state index contributed by atoms with van der Waals surface area (Å²) in [4.78, 5) is 4.68. The van der Waals surface area contributed by atoms with E-state index >= 15 is 0 Å². The number of hydrogen-bond acceptors (Lipinski definition) is 3. The van der Waals surface area contributed by atoms with Crippen LogP contribution in [-0.2, 0) is 0 Å². The van der Waals surface area contributed by atoms with Crippen molar-refractivity contribution in [3.05, 3.63) is 24.0 Å². The molecule has 0 aliphatic carbocycles. The number of halogens is 3. The van der Waals surface area contributed by atoms with Crippen LogP contribution in [0.5, 0.6) is 0 Å². The number of hydrogen-bond donors (Lipinski definition) is 2. The maximum absolute atomic E-state index is 12.2. The Morgan fingerprint density at radius 3 is 2.69 bits per heavy atom. The van der Waals surface area contributed by atoms with Gasteiger partial charge in [0.1, 0.15) is 12.4 Å². The van der Waals surface area contributed by atoms with E-state index in [0.29, 0.717) is 0 Å². The van der Waals surface area contributed by atoms with Gasteiger partial charge in [0.25, 0.3) is 0 Å². The molecular formula is C9H11F3N4. The van der Waals surface area contributed by atoms with Gasteiger partial charge < -0.3 is 10.6 Å². The molecular weight excluding hydrogens is 221 g/mol. The van der Waals surface area contributed by atoms with Gasteiger partial charge in [-0.1, -0.05) is 0 Å². The van der Waals surface area contributed by atoms with Gasteiger partial charge in [0.2, 0.25) is 0 Å². The summed E-state index contributed by atoms with van der Waals surface area (Å²) < 4.78 is 36.5. The van der Waals surface area contributed by atoms with Crippen molar-refractivity contribution in [3.8, 4) is 0 Å². The lowest BCUT2D eigenvalue weighted by Gasteiger charge is -2.22. The molecule has 0 bridgehead atoms. The number of anilines is 1. The smallest absolute Gasteiger partial charge is 0.384 e. The first-order chi connectivity index (χ1) is 7.31. The van der Waals surface area contributed by atoms with Crippen LogP contribution in [0.1, 0.15) is 5.56 Å². The van der Waals surface area contributed by atoms with Crippen LogP contribution in [0, 0.1) is 5.41 Å². The summed E-state index contributed by atoms with van der Waals surface area (Å²) in [6.45, 7) is -1.11. The quantitative estimate of drug-likeness (QED) is 0.611. The van der Waals surface area contributed by atoms with Crippen molar-refractivity contribution in [3.63, 3.8) is 0 Å². The molecule has 3 N–H and O–H groups in total. The molecule has 0 radical (unpaired) electrons. The van der Waals surface area contributed by atoms with Crippen molar-refractivity contribution in [2.45, 2.75) is 6.18 Å². The Bertz CT molecular complexity index is 389. The van der Waals surface area contributed by atoms with E-state index in [4.69, 9.17) is 11.1 Å². The van der Waals surface area contributed by atoms with E-state index < -0.39 is 12.7 Å². The van der Waals surface area contributed by atoms with E-state index in [0.717, 1.165) is 4.90 Å². The third-order valence-electron chi connectivity index (χ3n) is 1.92. The molecule has 0 aromatic carbocycles. The summed E-state index contributed by atoms with van der Waals surface area (Å²) in [7, 11) is 1.27. The molecule has 1 rings (SSSR count). The Balaban J connectivity index is 2.99. The molecule has 0 spiro atoms. The van der Waals surface area contributed by atoms with Gasteiger partial charge in [0.05, 0.1) is 11.9 Å². The van der Waals surface area contributed by atoms with Gasteiger partial charge in [-0.3, -0.25) is 10.4 Å². The number of nitrogen functional groups attached to an aromatic ring is 1. The average molecular weight is 232 g/mol. The van der Waals surface area contributed by atoms with Crippen LogP contribution in [0.3, 0.4) is 0 Å². The van der Waals surface area contributed by atoms with Crippen LogP contribution in [0.25, 0.3) is 0 Å². The number of rotatable bonds is 3. The van der Waals surface area contributed by atoms with E-state index in [9.17, 15) is 13.2 Å². The number of aromatic nitrogens is 1. The summed E-state index contributed by atoms with van der Waals surface area (Å²) in [5.41, 5.74) is 5.69. The maximum atomic E-state index is 12.2. The SMILES string of the molecule is CN(CC(F)(F)F)c1cnccc1C(=N)N. The van der Waals surface area contributed by atoms with Gasteiger partial charge in [0, 0.05) is 18.8 Å². The molecule has 7 heteroatoms. The van der Waals surface area contributed by atoms with Crippen molar-refractivity contribution < 1.29 is 13.2 Å². The van der Waals surface area contributed by atoms with Gasteiger partial charge in [-0.25, -0.2) is 0 Å². The summed E-state index contributed by atoms with van der Waals surface area (Å²) in [5, 5.41) is 7.24. The van der Waals surface area contributed by atoms with E-state index in [2.05, 4.69) is 4.98 Å². The zero-order valence-corrected chi connectivity index (χ0v) is 8.54. The second kappa shape index (κ2) is 4.38. The van der Waals surface area contributed by atoms with Crippen LogP contribution in [0.4, 0.5) is 18.9 Å². The molecule has 0 amide bonds. The number of pyridine rings is 1. The van der Waals surface area contributed by atoms with Crippen molar-refractivity contribution in [2.24, 2.45) is 5.73 Å². The van der Waals surface area contributed by atoms with E-state index in [1.165, 1.54) is 25.5 Å². The molecule has 88 valence electrons. The fourth-order valence-corrected chi connectivity index (χ4v) is 1.27. The molecule has 0 aliphatic rings. The highest BCUT2D eigenvalue weighted by atomic mass is 19.4. The Hall–Kier alpha value is -1.79. The molecule has 1 aromatic heterocycles. The molecule has 0 aliphatic heterocycles. The topological polar surface area (TPSA) is 66.0 Å². The highest BCUT2D eigenvalue weighted by Crippen LogP contribution is 2.22. The minimum Gasteiger partial charge on any atom is -0.384 e. The van der Waals surface area contributed by atoms with Crippen molar-refractivity contribution in [2.75, 3.05) is 18.5 Å². The standard InChI is InChI=1S/C9H11F3N4/c1-16(5-9(10,11)12)7-4-15-3-2-6(7)8(13)14/h2-4H,5H2,1H3,(H3,13,14). The number of alkyl halides is 3. The first-order valence-electron chi connectivity index (χ1n) is 4.37. The Morgan fingerprint density at radius 1 is 1.56 bits per heavy atom. The average Bonchev–Trinajstić information content (AvgIpc) is 2.15. The lowest BCUT2D eigenvalue weighted by Crippen LogP contribution is -2.32. The molecule has 1 heterocycles. The van der Waals surface area contributed by atoms with Crippen LogP contribution in [0.2, 0.25) is 0 Å². The zero-order chi connectivity index (χ0) is 12.3. The molecule has 0 fully saturated rings. The summed E-state index contributed by atoms with van der Waals surface area (Å²) >= 11 is 0. The fraction of sp³-hybridized carbons (Fsp3) is 0.333. The van der Waals surface area contributed by atoms with E-state index in [1.54, 1.807) is 0 Å². The van der Waals surface area contributed by atoms with Crippen molar-refractivity contribution in [1.82, 2.24) is 4.98 Å². The number of nitrogens with zero attached hydrogens (tertiary/aromatic N) is 2.